The van der Waals surface area contributed by atoms with Gasteiger partial charge < -0.3 is 4.74 Å². The molecule has 0 aliphatic heterocycles. The monoisotopic (exact) mass is 426 g/mol. The summed E-state index contributed by atoms with van der Waals surface area (Å²) in [5, 5.41) is 0. The molecule has 2 aromatic rings. The van der Waals surface area contributed by atoms with Gasteiger partial charge in [0.05, 0.1) is 6.61 Å². The van der Waals surface area contributed by atoms with E-state index >= 15 is 0 Å². The number of hydrogen-bond acceptors (Lipinski definition) is 2. The minimum atomic E-state index is 0.829. The summed E-state index contributed by atoms with van der Waals surface area (Å²) < 4.78 is 5.90. The van der Waals surface area contributed by atoms with Crippen LogP contribution >= 0.6 is 11.8 Å². The van der Waals surface area contributed by atoms with Crippen molar-refractivity contribution in [1.29, 1.82) is 0 Å². The molecule has 0 heterocycles. The number of ether oxygens (including phenoxy) is 1. The normalized spacial score (nSPS) is 11.0. The van der Waals surface area contributed by atoms with Crippen LogP contribution in [0.15, 0.2) is 53.4 Å². The Morgan fingerprint density at radius 1 is 0.567 bits per heavy atom. The van der Waals surface area contributed by atoms with Gasteiger partial charge in [0.2, 0.25) is 0 Å². The number of hydrogen-bond donors (Lipinski definition) is 0. The lowest BCUT2D eigenvalue weighted by Crippen LogP contribution is -1.97. The van der Waals surface area contributed by atoms with Crippen LogP contribution in [-0.2, 0) is 0 Å². The molecule has 0 amide bonds. The fourth-order valence-corrected chi connectivity index (χ4v) is 4.54. The first kappa shape index (κ1) is 24.9. The van der Waals surface area contributed by atoms with E-state index in [1.807, 2.05) is 11.8 Å². The Morgan fingerprint density at radius 3 is 1.67 bits per heavy atom. The predicted molar refractivity (Wildman–Crippen MR) is 135 cm³/mol. The maximum Gasteiger partial charge on any atom is 0.119 e. The van der Waals surface area contributed by atoms with Gasteiger partial charge in [-0.1, -0.05) is 102 Å². The van der Waals surface area contributed by atoms with Gasteiger partial charge in [0.15, 0.2) is 0 Å². The molecule has 30 heavy (non-hydrogen) atoms. The van der Waals surface area contributed by atoms with Gasteiger partial charge in [0.1, 0.15) is 5.75 Å². The van der Waals surface area contributed by atoms with Crippen molar-refractivity contribution in [3.05, 3.63) is 48.5 Å². The molecule has 2 rings (SSSR count). The molecule has 166 valence electrons. The van der Waals surface area contributed by atoms with Crippen molar-refractivity contribution in [2.45, 2.75) is 95.8 Å². The Kier molecular flexibility index (Phi) is 13.5. The first-order chi connectivity index (χ1) is 14.8. The molecule has 0 saturated heterocycles. The highest BCUT2D eigenvalue weighted by Gasteiger charge is 2.01. The van der Waals surface area contributed by atoms with Gasteiger partial charge in [-0.15, -0.1) is 11.8 Å². The van der Waals surface area contributed by atoms with E-state index in [1.165, 1.54) is 92.4 Å². The van der Waals surface area contributed by atoms with E-state index in [2.05, 4.69) is 62.4 Å². The first-order valence-corrected chi connectivity index (χ1v) is 13.3. The number of unbranched alkanes of at least 4 members (excludes halogenated alkanes) is 10. The Hall–Kier alpha value is -1.41. The molecule has 1 nitrogen and oxygen atoms in total. The molecule has 0 aliphatic rings. The fourth-order valence-electron chi connectivity index (χ4n) is 3.63. The molecule has 2 aromatic carbocycles. The molecule has 0 fully saturated rings. The minimum Gasteiger partial charge on any atom is -0.494 e. The Balaban J connectivity index is 1.65. The summed E-state index contributed by atoms with van der Waals surface area (Å²) in [7, 11) is 0. The van der Waals surface area contributed by atoms with Crippen LogP contribution in [0.1, 0.15) is 90.9 Å². The van der Waals surface area contributed by atoms with Crippen molar-refractivity contribution in [2.75, 3.05) is 12.4 Å². The Morgan fingerprint density at radius 2 is 1.07 bits per heavy atom. The van der Waals surface area contributed by atoms with E-state index in [0.29, 0.717) is 0 Å². The molecule has 0 saturated carbocycles. The summed E-state index contributed by atoms with van der Waals surface area (Å²) in [5.41, 5.74) is 2.54. The summed E-state index contributed by atoms with van der Waals surface area (Å²) in [5.74, 6) is 2.22. The molecule has 2 heteroatoms. The lowest BCUT2D eigenvalue weighted by Gasteiger charge is -2.08. The van der Waals surface area contributed by atoms with Crippen LogP contribution in [0, 0.1) is 0 Å². The maximum atomic E-state index is 5.90. The second-order valence-electron chi connectivity index (χ2n) is 8.28. The molecular formula is C28H42OS. The second kappa shape index (κ2) is 16.3. The minimum absolute atomic E-state index is 0.829. The van der Waals surface area contributed by atoms with E-state index in [0.717, 1.165) is 18.8 Å². The lowest BCUT2D eigenvalue weighted by molar-refractivity contribution is 0.304. The maximum absolute atomic E-state index is 5.90. The van der Waals surface area contributed by atoms with Gasteiger partial charge in [-0.2, -0.15) is 0 Å². The second-order valence-corrected chi connectivity index (χ2v) is 9.45. The zero-order chi connectivity index (χ0) is 21.3. The molecule has 0 unspecified atom stereocenters. The zero-order valence-electron chi connectivity index (χ0n) is 19.3. The van der Waals surface area contributed by atoms with Crippen molar-refractivity contribution in [3.63, 3.8) is 0 Å². The zero-order valence-corrected chi connectivity index (χ0v) is 20.2. The van der Waals surface area contributed by atoms with Crippen molar-refractivity contribution in [2.24, 2.45) is 0 Å². The third-order valence-corrected chi connectivity index (χ3v) is 6.67. The number of thioether (sulfide) groups is 1. The highest BCUT2D eigenvalue weighted by Crippen LogP contribution is 2.26. The van der Waals surface area contributed by atoms with E-state index < -0.39 is 0 Å². The average molecular weight is 427 g/mol. The molecule has 0 aromatic heterocycles. The average Bonchev–Trinajstić information content (AvgIpc) is 2.79. The topological polar surface area (TPSA) is 9.23 Å². The molecule has 0 spiro atoms. The highest BCUT2D eigenvalue weighted by atomic mass is 32.2. The smallest absolute Gasteiger partial charge is 0.119 e. The molecule has 0 N–H and O–H groups in total. The van der Waals surface area contributed by atoms with Gasteiger partial charge in [0, 0.05) is 4.90 Å². The molecule has 0 radical (unpaired) electrons. The molecule has 0 bridgehead atoms. The number of benzene rings is 2. The molecular weight excluding hydrogens is 384 g/mol. The van der Waals surface area contributed by atoms with Crippen molar-refractivity contribution >= 4 is 11.8 Å². The van der Waals surface area contributed by atoms with Crippen LogP contribution in [0.4, 0.5) is 0 Å². The van der Waals surface area contributed by atoms with Crippen LogP contribution < -0.4 is 4.74 Å². The molecule has 0 aliphatic carbocycles. The largest absolute Gasteiger partial charge is 0.494 e. The van der Waals surface area contributed by atoms with Crippen LogP contribution in [-0.4, -0.2) is 12.4 Å². The van der Waals surface area contributed by atoms with Gasteiger partial charge in [-0.3, -0.25) is 0 Å². The van der Waals surface area contributed by atoms with Crippen molar-refractivity contribution < 1.29 is 4.74 Å². The number of rotatable bonds is 17. The van der Waals surface area contributed by atoms with E-state index in [9.17, 15) is 0 Å². The van der Waals surface area contributed by atoms with Gasteiger partial charge in [0.25, 0.3) is 0 Å². The summed E-state index contributed by atoms with van der Waals surface area (Å²) in [4.78, 5) is 1.38. The summed E-state index contributed by atoms with van der Waals surface area (Å²) >= 11 is 1.99. The van der Waals surface area contributed by atoms with Crippen molar-refractivity contribution in [1.82, 2.24) is 0 Å². The quantitative estimate of drug-likeness (QED) is 0.184. The van der Waals surface area contributed by atoms with E-state index in [4.69, 9.17) is 4.74 Å². The third-order valence-electron chi connectivity index (χ3n) is 5.58. The molecule has 0 atom stereocenters. The van der Waals surface area contributed by atoms with E-state index in [1.54, 1.807) is 0 Å². The van der Waals surface area contributed by atoms with Gasteiger partial charge in [-0.25, -0.2) is 0 Å². The van der Waals surface area contributed by atoms with Crippen molar-refractivity contribution in [3.8, 4) is 16.9 Å². The van der Waals surface area contributed by atoms with E-state index in [-0.39, 0.29) is 0 Å². The predicted octanol–water partition coefficient (Wildman–Crippen LogP) is 9.55. The lowest BCUT2D eigenvalue weighted by atomic mass is 10.1. The van der Waals surface area contributed by atoms with Crippen LogP contribution in [0.5, 0.6) is 5.75 Å². The fraction of sp³-hybridized carbons (Fsp3) is 0.571. The Bertz CT molecular complexity index is 588. The SMILES string of the molecule is CCCCCCCCOc1ccc(-c2ccc(SCCCCCCCC)cc2)cc1. The highest BCUT2D eigenvalue weighted by molar-refractivity contribution is 7.99. The standard InChI is InChI=1S/C28H42OS/c1-3-5-7-9-11-13-23-29-27-19-15-25(16-20-27)26-17-21-28(22-18-26)30-24-14-12-10-8-6-4-2/h15-22H,3-14,23-24H2,1-2H3. The van der Waals surface area contributed by atoms with Gasteiger partial charge >= 0.3 is 0 Å². The summed E-state index contributed by atoms with van der Waals surface area (Å²) in [6, 6.07) is 17.6. The Labute approximate surface area is 190 Å². The van der Waals surface area contributed by atoms with Crippen LogP contribution in [0.2, 0.25) is 0 Å². The first-order valence-electron chi connectivity index (χ1n) is 12.3. The summed E-state index contributed by atoms with van der Waals surface area (Å²) in [6.07, 6.45) is 16.0. The van der Waals surface area contributed by atoms with Crippen LogP contribution in [0.25, 0.3) is 11.1 Å². The van der Waals surface area contributed by atoms with Crippen LogP contribution in [0.3, 0.4) is 0 Å². The third kappa shape index (κ3) is 10.6. The summed E-state index contributed by atoms with van der Waals surface area (Å²) in [6.45, 7) is 5.37. The van der Waals surface area contributed by atoms with Gasteiger partial charge in [-0.05, 0) is 54.0 Å².